The fourth-order valence-corrected chi connectivity index (χ4v) is 2.36. The molecule has 0 saturated heterocycles. The number of benzene rings is 1. The lowest BCUT2D eigenvalue weighted by Crippen LogP contribution is -2.24. The van der Waals surface area contributed by atoms with Crippen molar-refractivity contribution in [3.8, 4) is 0 Å². The first-order chi connectivity index (χ1) is 10.8. The third-order valence-corrected chi connectivity index (χ3v) is 3.85. The summed E-state index contributed by atoms with van der Waals surface area (Å²) in [5, 5.41) is 7.24. The fraction of sp³-hybridized carbons (Fsp3) is 0.250. The average molecular weight is 340 g/mol. The molecule has 0 aliphatic rings. The fourth-order valence-electron chi connectivity index (χ4n) is 2.12. The summed E-state index contributed by atoms with van der Waals surface area (Å²) in [5.41, 5.74) is 1.83. The van der Waals surface area contributed by atoms with E-state index in [4.69, 9.17) is 11.6 Å². The molecule has 1 aromatic heterocycles. The maximum atomic E-state index is 13.2. The van der Waals surface area contributed by atoms with Crippen molar-refractivity contribution in [3.63, 3.8) is 0 Å². The number of halogens is 3. The Bertz CT molecular complexity index is 771. The van der Waals surface area contributed by atoms with Gasteiger partial charge in [0.15, 0.2) is 11.6 Å². The highest BCUT2D eigenvalue weighted by Gasteiger charge is 2.12. The Morgan fingerprint density at radius 2 is 2.09 bits per heavy atom. The molecule has 0 saturated carbocycles. The molecule has 0 radical (unpaired) electrons. The van der Waals surface area contributed by atoms with Crippen molar-refractivity contribution < 1.29 is 13.6 Å². The molecule has 122 valence electrons. The molecule has 0 spiro atoms. The van der Waals surface area contributed by atoms with Gasteiger partial charge in [0.05, 0.1) is 11.7 Å². The van der Waals surface area contributed by atoms with Crippen molar-refractivity contribution in [2.75, 3.05) is 0 Å². The zero-order valence-corrected chi connectivity index (χ0v) is 13.7. The van der Waals surface area contributed by atoms with Gasteiger partial charge in [0, 0.05) is 18.7 Å². The SMILES string of the molecule is Cc1nn(C)c(Cl)c1/C=C/C(=O)NC(C)c1ccc(F)c(F)c1. The Morgan fingerprint density at radius 1 is 1.39 bits per heavy atom. The van der Waals surface area contributed by atoms with Crippen LogP contribution in [0.2, 0.25) is 5.15 Å². The highest BCUT2D eigenvalue weighted by atomic mass is 35.5. The summed E-state index contributed by atoms with van der Waals surface area (Å²) in [4.78, 5) is 11.9. The van der Waals surface area contributed by atoms with E-state index in [9.17, 15) is 13.6 Å². The number of nitrogens with one attached hydrogen (secondary N) is 1. The van der Waals surface area contributed by atoms with Gasteiger partial charge in [-0.2, -0.15) is 5.10 Å². The van der Waals surface area contributed by atoms with Gasteiger partial charge in [0.1, 0.15) is 5.15 Å². The number of nitrogens with zero attached hydrogens (tertiary/aromatic N) is 2. The first-order valence-corrected chi connectivity index (χ1v) is 7.30. The van der Waals surface area contributed by atoms with Crippen LogP contribution in [0.4, 0.5) is 8.78 Å². The predicted molar refractivity (Wildman–Crippen MR) is 84.9 cm³/mol. The smallest absolute Gasteiger partial charge is 0.244 e. The topological polar surface area (TPSA) is 46.9 Å². The molecule has 1 atom stereocenters. The second-order valence-corrected chi connectivity index (χ2v) is 5.51. The molecule has 0 fully saturated rings. The minimum absolute atomic E-state index is 0.374. The minimum atomic E-state index is -0.947. The molecule has 1 unspecified atom stereocenters. The van der Waals surface area contributed by atoms with E-state index in [0.717, 1.165) is 12.1 Å². The van der Waals surface area contributed by atoms with E-state index < -0.39 is 17.7 Å². The maximum Gasteiger partial charge on any atom is 0.244 e. The molecule has 2 rings (SSSR count). The quantitative estimate of drug-likeness (QED) is 0.866. The van der Waals surface area contributed by atoms with E-state index in [1.165, 1.54) is 16.8 Å². The summed E-state index contributed by atoms with van der Waals surface area (Å²) >= 11 is 6.07. The van der Waals surface area contributed by atoms with Gasteiger partial charge in [0.2, 0.25) is 5.91 Å². The summed E-state index contributed by atoms with van der Waals surface area (Å²) in [6.45, 7) is 3.47. The van der Waals surface area contributed by atoms with Gasteiger partial charge < -0.3 is 5.32 Å². The monoisotopic (exact) mass is 339 g/mol. The second kappa shape index (κ2) is 6.91. The zero-order valence-electron chi connectivity index (χ0n) is 12.9. The van der Waals surface area contributed by atoms with E-state index >= 15 is 0 Å². The largest absolute Gasteiger partial charge is 0.346 e. The molecule has 1 N–H and O–H groups in total. The van der Waals surface area contributed by atoms with Crippen LogP contribution in [0.15, 0.2) is 24.3 Å². The van der Waals surface area contributed by atoms with E-state index in [2.05, 4.69) is 10.4 Å². The number of carbonyl (C=O) groups excluding carboxylic acids is 1. The molecule has 23 heavy (non-hydrogen) atoms. The van der Waals surface area contributed by atoms with Crippen LogP contribution in [-0.4, -0.2) is 15.7 Å². The van der Waals surface area contributed by atoms with Crippen molar-refractivity contribution in [1.82, 2.24) is 15.1 Å². The normalized spacial score (nSPS) is 12.6. The Balaban J connectivity index is 2.06. The molecule has 1 heterocycles. The summed E-state index contributed by atoms with van der Waals surface area (Å²) in [6.07, 6.45) is 2.89. The van der Waals surface area contributed by atoms with Crippen LogP contribution in [-0.2, 0) is 11.8 Å². The Hall–Kier alpha value is -2.21. The third kappa shape index (κ3) is 3.96. The van der Waals surface area contributed by atoms with Crippen LogP contribution < -0.4 is 5.32 Å². The van der Waals surface area contributed by atoms with Gasteiger partial charge >= 0.3 is 0 Å². The molecule has 7 heteroatoms. The van der Waals surface area contributed by atoms with Gasteiger partial charge in [0.25, 0.3) is 0 Å². The molecule has 4 nitrogen and oxygen atoms in total. The van der Waals surface area contributed by atoms with Crippen molar-refractivity contribution >= 4 is 23.6 Å². The molecule has 0 aliphatic carbocycles. The molecule has 2 aromatic rings. The lowest BCUT2D eigenvalue weighted by molar-refractivity contribution is -0.117. The average Bonchev–Trinajstić information content (AvgIpc) is 2.73. The van der Waals surface area contributed by atoms with Crippen molar-refractivity contribution in [2.24, 2.45) is 7.05 Å². The van der Waals surface area contributed by atoms with Crippen molar-refractivity contribution in [1.29, 1.82) is 0 Å². The van der Waals surface area contributed by atoms with E-state index in [-0.39, 0.29) is 5.91 Å². The molecule has 0 bridgehead atoms. The number of rotatable bonds is 4. The third-order valence-electron chi connectivity index (χ3n) is 3.40. The lowest BCUT2D eigenvalue weighted by atomic mass is 10.1. The van der Waals surface area contributed by atoms with Gasteiger partial charge in [-0.15, -0.1) is 0 Å². The van der Waals surface area contributed by atoms with E-state index in [1.54, 1.807) is 27.0 Å². The number of hydrogen-bond acceptors (Lipinski definition) is 2. The van der Waals surface area contributed by atoms with E-state index in [0.29, 0.717) is 22.0 Å². The molecular weight excluding hydrogens is 324 g/mol. The van der Waals surface area contributed by atoms with Crippen LogP contribution in [0.25, 0.3) is 6.08 Å². The molecule has 1 amide bonds. The predicted octanol–water partition coefficient (Wildman–Crippen LogP) is 3.55. The van der Waals surface area contributed by atoms with Crippen LogP contribution in [0.3, 0.4) is 0 Å². The van der Waals surface area contributed by atoms with Crippen molar-refractivity contribution in [3.05, 3.63) is 57.9 Å². The number of aromatic nitrogens is 2. The Morgan fingerprint density at radius 3 is 2.65 bits per heavy atom. The molecule has 1 aromatic carbocycles. The Kier molecular flexibility index (Phi) is 5.15. The Labute approximate surface area is 137 Å². The molecular formula is C16H16ClF2N3O. The van der Waals surface area contributed by atoms with Gasteiger partial charge in [-0.1, -0.05) is 17.7 Å². The van der Waals surface area contributed by atoms with Crippen LogP contribution in [0.1, 0.15) is 29.8 Å². The highest BCUT2D eigenvalue weighted by Crippen LogP contribution is 2.20. The zero-order chi connectivity index (χ0) is 17.1. The molecule has 0 aliphatic heterocycles. The number of carbonyl (C=O) groups is 1. The van der Waals surface area contributed by atoms with Gasteiger partial charge in [-0.3, -0.25) is 9.48 Å². The lowest BCUT2D eigenvalue weighted by Gasteiger charge is -2.13. The van der Waals surface area contributed by atoms with Gasteiger partial charge in [-0.25, -0.2) is 8.78 Å². The van der Waals surface area contributed by atoms with Gasteiger partial charge in [-0.05, 0) is 37.6 Å². The van der Waals surface area contributed by atoms with E-state index in [1.807, 2.05) is 0 Å². The summed E-state index contributed by atoms with van der Waals surface area (Å²) in [5.74, 6) is -2.24. The summed E-state index contributed by atoms with van der Waals surface area (Å²) < 4.78 is 27.6. The summed E-state index contributed by atoms with van der Waals surface area (Å²) in [6, 6.07) is 3.05. The summed E-state index contributed by atoms with van der Waals surface area (Å²) in [7, 11) is 1.71. The maximum absolute atomic E-state index is 13.2. The second-order valence-electron chi connectivity index (χ2n) is 5.15. The number of amides is 1. The first-order valence-electron chi connectivity index (χ1n) is 6.92. The standard InChI is InChI=1S/C16H16ClF2N3O/c1-9(11-4-6-13(18)14(19)8-11)20-15(23)7-5-12-10(2)21-22(3)16(12)17/h4-9H,1-3H3,(H,20,23)/b7-5+. The van der Waals surface area contributed by atoms with Crippen molar-refractivity contribution in [2.45, 2.75) is 19.9 Å². The number of aryl methyl sites for hydroxylation is 2. The van der Waals surface area contributed by atoms with Crippen LogP contribution in [0.5, 0.6) is 0 Å². The van der Waals surface area contributed by atoms with Crippen LogP contribution in [0, 0.1) is 18.6 Å². The minimum Gasteiger partial charge on any atom is -0.346 e. The first kappa shape index (κ1) is 17.1. The highest BCUT2D eigenvalue weighted by molar-refractivity contribution is 6.31. The number of hydrogen-bond donors (Lipinski definition) is 1. The van der Waals surface area contributed by atoms with Crippen LogP contribution >= 0.6 is 11.6 Å².